The second-order valence-corrected chi connectivity index (χ2v) is 5.38. The number of hydrogen-bond donors (Lipinski definition) is 0. The molecule has 1 fully saturated rings. The first-order valence-electron chi connectivity index (χ1n) is 7.40. The Kier molecular flexibility index (Phi) is 3.91. The summed E-state index contributed by atoms with van der Waals surface area (Å²) in [5, 5.41) is 0. The molecule has 2 aromatic carbocycles. The lowest BCUT2D eigenvalue weighted by atomic mass is 10.1. The third kappa shape index (κ3) is 2.92. The average Bonchev–Trinajstić information content (AvgIpc) is 2.56. The fourth-order valence-electron chi connectivity index (χ4n) is 2.89. The van der Waals surface area contributed by atoms with Gasteiger partial charge in [-0.05, 0) is 31.2 Å². The van der Waals surface area contributed by atoms with Gasteiger partial charge in [-0.2, -0.15) is 0 Å². The van der Waals surface area contributed by atoms with Gasteiger partial charge in [0.15, 0.2) is 5.78 Å². The van der Waals surface area contributed by atoms with Gasteiger partial charge in [0.1, 0.15) is 0 Å². The number of benzene rings is 2. The Bertz CT molecular complexity index is 616. The van der Waals surface area contributed by atoms with Gasteiger partial charge in [0.05, 0.1) is 0 Å². The molecule has 1 aliphatic heterocycles. The van der Waals surface area contributed by atoms with E-state index < -0.39 is 0 Å². The quantitative estimate of drug-likeness (QED) is 0.807. The van der Waals surface area contributed by atoms with Gasteiger partial charge in [0.2, 0.25) is 0 Å². The summed E-state index contributed by atoms with van der Waals surface area (Å²) in [6.07, 6.45) is 0. The Labute approximate surface area is 125 Å². The Balaban J connectivity index is 1.73. The zero-order chi connectivity index (χ0) is 14.7. The molecule has 1 aliphatic rings. The SMILES string of the molecule is CC(=O)c1ccccc1N1CCN(c2ccccc2)CC1. The van der Waals surface area contributed by atoms with E-state index in [2.05, 4.69) is 40.1 Å². The lowest BCUT2D eigenvalue weighted by molar-refractivity contribution is 0.101. The second-order valence-electron chi connectivity index (χ2n) is 5.38. The van der Waals surface area contributed by atoms with Crippen LogP contribution < -0.4 is 9.80 Å². The Morgan fingerprint density at radius 3 is 2.05 bits per heavy atom. The molecule has 0 atom stereocenters. The van der Waals surface area contributed by atoms with Crippen molar-refractivity contribution >= 4 is 17.2 Å². The fourth-order valence-corrected chi connectivity index (χ4v) is 2.89. The maximum absolute atomic E-state index is 11.8. The highest BCUT2D eigenvalue weighted by Gasteiger charge is 2.20. The zero-order valence-corrected chi connectivity index (χ0v) is 12.3. The highest BCUT2D eigenvalue weighted by atomic mass is 16.1. The molecule has 0 N–H and O–H groups in total. The normalized spacial score (nSPS) is 15.1. The molecular formula is C18H20N2O. The standard InChI is InChI=1S/C18H20N2O/c1-15(21)17-9-5-6-10-18(17)20-13-11-19(12-14-20)16-7-3-2-4-8-16/h2-10H,11-14H2,1H3. The maximum atomic E-state index is 11.8. The van der Waals surface area contributed by atoms with Crippen LogP contribution >= 0.6 is 0 Å². The van der Waals surface area contributed by atoms with Crippen LogP contribution in [0.1, 0.15) is 17.3 Å². The minimum absolute atomic E-state index is 0.135. The fraction of sp³-hybridized carbons (Fsp3) is 0.278. The third-order valence-corrected chi connectivity index (χ3v) is 4.03. The number of hydrogen-bond acceptors (Lipinski definition) is 3. The number of para-hydroxylation sites is 2. The van der Waals surface area contributed by atoms with Crippen molar-refractivity contribution in [3.05, 3.63) is 60.2 Å². The molecule has 0 saturated carbocycles. The summed E-state index contributed by atoms with van der Waals surface area (Å²) in [5.74, 6) is 0.135. The molecule has 0 aliphatic carbocycles. The van der Waals surface area contributed by atoms with Crippen molar-refractivity contribution in [2.75, 3.05) is 36.0 Å². The molecule has 2 aromatic rings. The summed E-state index contributed by atoms with van der Waals surface area (Å²) in [5.41, 5.74) is 3.17. The summed E-state index contributed by atoms with van der Waals surface area (Å²) < 4.78 is 0. The van der Waals surface area contributed by atoms with Gasteiger partial charge in [0.25, 0.3) is 0 Å². The third-order valence-electron chi connectivity index (χ3n) is 4.03. The van der Waals surface area contributed by atoms with Crippen molar-refractivity contribution in [3.63, 3.8) is 0 Å². The number of Topliss-reactive ketones (excluding diaryl/α,β-unsaturated/α-hetero) is 1. The van der Waals surface area contributed by atoms with E-state index in [0.29, 0.717) is 0 Å². The van der Waals surface area contributed by atoms with Gasteiger partial charge in [-0.1, -0.05) is 30.3 Å². The van der Waals surface area contributed by atoms with Crippen LogP contribution in [-0.4, -0.2) is 32.0 Å². The summed E-state index contributed by atoms with van der Waals surface area (Å²) in [4.78, 5) is 16.5. The Hall–Kier alpha value is -2.29. The van der Waals surface area contributed by atoms with Crippen molar-refractivity contribution in [3.8, 4) is 0 Å². The van der Waals surface area contributed by atoms with Crippen molar-refractivity contribution < 1.29 is 4.79 Å². The largest absolute Gasteiger partial charge is 0.368 e. The van der Waals surface area contributed by atoms with Crippen molar-refractivity contribution in [1.29, 1.82) is 0 Å². The molecule has 0 spiro atoms. The van der Waals surface area contributed by atoms with E-state index in [-0.39, 0.29) is 5.78 Å². The van der Waals surface area contributed by atoms with Gasteiger partial charge in [-0.15, -0.1) is 0 Å². The molecule has 0 amide bonds. The predicted molar refractivity (Wildman–Crippen MR) is 87.3 cm³/mol. The second kappa shape index (κ2) is 6.00. The first-order valence-corrected chi connectivity index (χ1v) is 7.40. The number of nitrogens with zero attached hydrogens (tertiary/aromatic N) is 2. The summed E-state index contributed by atoms with van der Waals surface area (Å²) in [6, 6.07) is 18.4. The zero-order valence-electron chi connectivity index (χ0n) is 12.3. The van der Waals surface area contributed by atoms with E-state index in [9.17, 15) is 4.79 Å². The summed E-state index contributed by atoms with van der Waals surface area (Å²) in [7, 11) is 0. The monoisotopic (exact) mass is 280 g/mol. The molecule has 3 nitrogen and oxygen atoms in total. The van der Waals surface area contributed by atoms with E-state index in [4.69, 9.17) is 0 Å². The number of carbonyl (C=O) groups excluding carboxylic acids is 1. The van der Waals surface area contributed by atoms with Crippen LogP contribution in [0.4, 0.5) is 11.4 Å². The van der Waals surface area contributed by atoms with Gasteiger partial charge < -0.3 is 9.80 Å². The van der Waals surface area contributed by atoms with Gasteiger partial charge in [0, 0.05) is 43.1 Å². The van der Waals surface area contributed by atoms with E-state index in [1.165, 1.54) is 5.69 Å². The minimum Gasteiger partial charge on any atom is -0.368 e. The van der Waals surface area contributed by atoms with E-state index in [0.717, 1.165) is 37.4 Å². The Morgan fingerprint density at radius 2 is 1.38 bits per heavy atom. The highest BCUT2D eigenvalue weighted by molar-refractivity contribution is 5.99. The topological polar surface area (TPSA) is 23.6 Å². The van der Waals surface area contributed by atoms with E-state index in [1.54, 1.807) is 6.92 Å². The molecule has 3 rings (SSSR count). The highest BCUT2D eigenvalue weighted by Crippen LogP contribution is 2.24. The molecule has 0 unspecified atom stereocenters. The smallest absolute Gasteiger partial charge is 0.161 e. The van der Waals surface area contributed by atoms with Crippen LogP contribution in [0.2, 0.25) is 0 Å². The Morgan fingerprint density at radius 1 is 0.810 bits per heavy atom. The van der Waals surface area contributed by atoms with Gasteiger partial charge in [-0.25, -0.2) is 0 Å². The van der Waals surface area contributed by atoms with Crippen molar-refractivity contribution in [2.45, 2.75) is 6.92 Å². The first-order chi connectivity index (χ1) is 10.3. The van der Waals surface area contributed by atoms with E-state index in [1.807, 2.05) is 24.3 Å². The molecule has 1 heterocycles. The average molecular weight is 280 g/mol. The minimum atomic E-state index is 0.135. The lowest BCUT2D eigenvalue weighted by Gasteiger charge is -2.38. The number of rotatable bonds is 3. The van der Waals surface area contributed by atoms with E-state index >= 15 is 0 Å². The molecule has 3 heteroatoms. The predicted octanol–water partition coefficient (Wildman–Crippen LogP) is 3.22. The van der Waals surface area contributed by atoms with Crippen LogP contribution in [0, 0.1) is 0 Å². The molecule has 0 bridgehead atoms. The molecule has 0 radical (unpaired) electrons. The molecule has 108 valence electrons. The number of ketones is 1. The number of anilines is 2. The van der Waals surface area contributed by atoms with Gasteiger partial charge in [-0.3, -0.25) is 4.79 Å². The van der Waals surface area contributed by atoms with Crippen molar-refractivity contribution in [1.82, 2.24) is 0 Å². The van der Waals surface area contributed by atoms with Crippen molar-refractivity contribution in [2.24, 2.45) is 0 Å². The first kappa shape index (κ1) is 13.7. The summed E-state index contributed by atoms with van der Waals surface area (Å²) in [6.45, 7) is 5.49. The van der Waals surface area contributed by atoms with Crippen LogP contribution in [0.3, 0.4) is 0 Å². The summed E-state index contributed by atoms with van der Waals surface area (Å²) >= 11 is 0. The van der Waals surface area contributed by atoms with Gasteiger partial charge >= 0.3 is 0 Å². The molecule has 1 saturated heterocycles. The lowest BCUT2D eigenvalue weighted by Crippen LogP contribution is -2.46. The molecule has 0 aromatic heterocycles. The van der Waals surface area contributed by atoms with Crippen LogP contribution in [-0.2, 0) is 0 Å². The molecule has 21 heavy (non-hydrogen) atoms. The van der Waals surface area contributed by atoms with Crippen LogP contribution in [0.15, 0.2) is 54.6 Å². The molecular weight excluding hydrogens is 260 g/mol. The van der Waals surface area contributed by atoms with Crippen LogP contribution in [0.5, 0.6) is 0 Å². The number of piperazine rings is 1. The number of carbonyl (C=O) groups is 1. The maximum Gasteiger partial charge on any atom is 0.161 e. The van der Waals surface area contributed by atoms with Crippen LogP contribution in [0.25, 0.3) is 0 Å².